The molecule has 0 bridgehead atoms. The zero-order chi connectivity index (χ0) is 11.5. The molecule has 0 amide bonds. The summed E-state index contributed by atoms with van der Waals surface area (Å²) in [6.45, 7) is 10.4. The molecule has 1 aromatic carbocycles. The molecular formula is C13H22N3+. The highest BCUT2D eigenvalue weighted by atomic mass is 15.3. The summed E-state index contributed by atoms with van der Waals surface area (Å²) < 4.78 is 0. The van der Waals surface area contributed by atoms with E-state index >= 15 is 0 Å². The number of nitrogens with two attached hydrogens (primary N) is 1. The molecule has 1 heterocycles. The van der Waals surface area contributed by atoms with Crippen LogP contribution in [0.1, 0.15) is 12.5 Å². The first-order chi connectivity index (χ1) is 7.70. The lowest BCUT2D eigenvalue weighted by Gasteiger charge is -2.33. The minimum Gasteiger partial charge on any atom is -0.399 e. The van der Waals surface area contributed by atoms with Crippen LogP contribution in [-0.4, -0.2) is 32.7 Å². The molecule has 1 aliphatic heterocycles. The van der Waals surface area contributed by atoms with E-state index in [2.05, 4.69) is 30.9 Å². The minimum absolute atomic E-state index is 0.890. The van der Waals surface area contributed by atoms with E-state index in [0.29, 0.717) is 0 Å². The van der Waals surface area contributed by atoms with Gasteiger partial charge >= 0.3 is 0 Å². The molecule has 1 fully saturated rings. The van der Waals surface area contributed by atoms with Crippen LogP contribution >= 0.6 is 0 Å². The number of anilines is 2. The smallest absolute Gasteiger partial charge is 0.0949 e. The molecule has 1 aromatic rings. The second-order valence-electron chi connectivity index (χ2n) is 4.63. The van der Waals surface area contributed by atoms with Crippen LogP contribution in [0.5, 0.6) is 0 Å². The monoisotopic (exact) mass is 220 g/mol. The Hall–Kier alpha value is -1.22. The van der Waals surface area contributed by atoms with Gasteiger partial charge in [-0.3, -0.25) is 0 Å². The van der Waals surface area contributed by atoms with Gasteiger partial charge in [0, 0.05) is 11.4 Å². The lowest BCUT2D eigenvalue weighted by atomic mass is 10.1. The third-order valence-corrected chi connectivity index (χ3v) is 3.59. The number of nitrogens with zero attached hydrogens (tertiary/aromatic N) is 1. The molecule has 88 valence electrons. The number of nitrogens with one attached hydrogen (secondary N) is 1. The summed E-state index contributed by atoms with van der Waals surface area (Å²) >= 11 is 0. The topological polar surface area (TPSA) is 33.7 Å². The fourth-order valence-corrected chi connectivity index (χ4v) is 2.29. The number of hydrogen-bond acceptors (Lipinski definition) is 2. The van der Waals surface area contributed by atoms with Crippen LogP contribution in [0.2, 0.25) is 0 Å². The molecule has 0 aliphatic carbocycles. The molecule has 16 heavy (non-hydrogen) atoms. The SMILES string of the molecule is CC[NH+]1CCN(c2ccc(N)c(C)c2)CC1. The summed E-state index contributed by atoms with van der Waals surface area (Å²) in [5.41, 5.74) is 9.23. The van der Waals surface area contributed by atoms with E-state index in [4.69, 9.17) is 5.73 Å². The Morgan fingerprint density at radius 3 is 2.56 bits per heavy atom. The predicted molar refractivity (Wildman–Crippen MR) is 69.0 cm³/mol. The number of quaternary nitrogens is 1. The van der Waals surface area contributed by atoms with Crippen molar-refractivity contribution in [1.82, 2.24) is 0 Å². The van der Waals surface area contributed by atoms with Gasteiger partial charge in [-0.1, -0.05) is 0 Å². The quantitative estimate of drug-likeness (QED) is 0.703. The van der Waals surface area contributed by atoms with Crippen molar-refractivity contribution in [3.8, 4) is 0 Å². The van der Waals surface area contributed by atoms with Crippen molar-refractivity contribution in [1.29, 1.82) is 0 Å². The first-order valence-electron chi connectivity index (χ1n) is 6.15. The summed E-state index contributed by atoms with van der Waals surface area (Å²) in [5, 5.41) is 0. The van der Waals surface area contributed by atoms with Gasteiger partial charge in [0.25, 0.3) is 0 Å². The average molecular weight is 220 g/mol. The molecule has 0 spiro atoms. The molecule has 0 saturated carbocycles. The van der Waals surface area contributed by atoms with E-state index in [1.807, 2.05) is 6.07 Å². The fourth-order valence-electron chi connectivity index (χ4n) is 2.29. The van der Waals surface area contributed by atoms with Crippen molar-refractivity contribution in [2.45, 2.75) is 13.8 Å². The van der Waals surface area contributed by atoms with Crippen LogP contribution in [0.4, 0.5) is 11.4 Å². The van der Waals surface area contributed by atoms with Crippen molar-refractivity contribution in [3.05, 3.63) is 23.8 Å². The summed E-state index contributed by atoms with van der Waals surface area (Å²) in [6, 6.07) is 6.36. The van der Waals surface area contributed by atoms with Crippen LogP contribution in [0.15, 0.2) is 18.2 Å². The highest BCUT2D eigenvalue weighted by Crippen LogP contribution is 2.20. The van der Waals surface area contributed by atoms with Crippen molar-refractivity contribution in [3.63, 3.8) is 0 Å². The first-order valence-corrected chi connectivity index (χ1v) is 6.15. The van der Waals surface area contributed by atoms with Crippen LogP contribution in [-0.2, 0) is 0 Å². The zero-order valence-corrected chi connectivity index (χ0v) is 10.3. The number of rotatable bonds is 2. The van der Waals surface area contributed by atoms with Gasteiger partial charge in [-0.15, -0.1) is 0 Å². The number of hydrogen-bond donors (Lipinski definition) is 2. The Labute approximate surface area is 97.8 Å². The Morgan fingerprint density at radius 2 is 2.00 bits per heavy atom. The number of likely N-dealkylation sites (N-methyl/N-ethyl adjacent to an activating group) is 1. The number of piperazine rings is 1. The van der Waals surface area contributed by atoms with Crippen LogP contribution in [0, 0.1) is 6.92 Å². The average Bonchev–Trinajstić information content (AvgIpc) is 2.33. The summed E-state index contributed by atoms with van der Waals surface area (Å²) in [7, 11) is 0. The normalized spacial score (nSPS) is 17.8. The van der Waals surface area contributed by atoms with Gasteiger partial charge in [0.15, 0.2) is 0 Å². The van der Waals surface area contributed by atoms with E-state index in [1.54, 1.807) is 4.90 Å². The molecule has 0 aromatic heterocycles. The van der Waals surface area contributed by atoms with Gasteiger partial charge in [0.1, 0.15) is 0 Å². The summed E-state index contributed by atoms with van der Waals surface area (Å²) in [4.78, 5) is 4.18. The van der Waals surface area contributed by atoms with Gasteiger partial charge in [0.05, 0.1) is 32.7 Å². The second-order valence-corrected chi connectivity index (χ2v) is 4.63. The summed E-state index contributed by atoms with van der Waals surface area (Å²) in [6.07, 6.45) is 0. The summed E-state index contributed by atoms with van der Waals surface area (Å²) in [5.74, 6) is 0. The molecule has 1 saturated heterocycles. The Balaban J connectivity index is 2.05. The van der Waals surface area contributed by atoms with Gasteiger partial charge < -0.3 is 15.5 Å². The Morgan fingerprint density at radius 1 is 1.31 bits per heavy atom. The lowest BCUT2D eigenvalue weighted by Crippen LogP contribution is -3.14. The Bertz CT molecular complexity index is 354. The second kappa shape index (κ2) is 4.74. The number of nitrogen functional groups attached to an aromatic ring is 1. The van der Waals surface area contributed by atoms with Crippen LogP contribution < -0.4 is 15.5 Å². The minimum atomic E-state index is 0.890. The third-order valence-electron chi connectivity index (χ3n) is 3.59. The highest BCUT2D eigenvalue weighted by Gasteiger charge is 2.18. The van der Waals surface area contributed by atoms with Crippen molar-refractivity contribution < 1.29 is 4.90 Å². The fraction of sp³-hybridized carbons (Fsp3) is 0.538. The molecule has 0 unspecified atom stereocenters. The molecule has 3 heteroatoms. The van der Waals surface area contributed by atoms with Crippen LogP contribution in [0.25, 0.3) is 0 Å². The Kier molecular flexibility index (Phi) is 3.34. The molecule has 3 N–H and O–H groups in total. The van der Waals surface area contributed by atoms with Gasteiger partial charge in [0.2, 0.25) is 0 Å². The number of aryl methyl sites for hydroxylation is 1. The molecule has 0 atom stereocenters. The first kappa shape index (κ1) is 11.3. The van der Waals surface area contributed by atoms with Crippen molar-refractivity contribution in [2.75, 3.05) is 43.4 Å². The van der Waals surface area contributed by atoms with Crippen molar-refractivity contribution in [2.24, 2.45) is 0 Å². The van der Waals surface area contributed by atoms with Gasteiger partial charge in [-0.2, -0.15) is 0 Å². The highest BCUT2D eigenvalue weighted by molar-refractivity contribution is 5.58. The van der Waals surface area contributed by atoms with E-state index in [0.717, 1.165) is 18.8 Å². The van der Waals surface area contributed by atoms with Gasteiger partial charge in [-0.05, 0) is 37.6 Å². The lowest BCUT2D eigenvalue weighted by molar-refractivity contribution is -0.898. The van der Waals surface area contributed by atoms with Crippen LogP contribution in [0.3, 0.4) is 0 Å². The molecule has 0 radical (unpaired) electrons. The predicted octanol–water partition coefficient (Wildman–Crippen LogP) is 0.302. The van der Waals surface area contributed by atoms with Gasteiger partial charge in [-0.25, -0.2) is 0 Å². The maximum Gasteiger partial charge on any atom is 0.0949 e. The largest absolute Gasteiger partial charge is 0.399 e. The van der Waals surface area contributed by atoms with E-state index in [1.165, 1.54) is 30.9 Å². The van der Waals surface area contributed by atoms with E-state index in [9.17, 15) is 0 Å². The third kappa shape index (κ3) is 2.30. The van der Waals surface area contributed by atoms with Crippen molar-refractivity contribution >= 4 is 11.4 Å². The van der Waals surface area contributed by atoms with E-state index in [-0.39, 0.29) is 0 Å². The molecular weight excluding hydrogens is 198 g/mol. The standard InChI is InChI=1S/C13H21N3/c1-3-15-6-8-16(9-7-15)12-4-5-13(14)11(2)10-12/h4-5,10H,3,6-9,14H2,1-2H3/p+1. The molecule has 2 rings (SSSR count). The number of benzene rings is 1. The molecule has 3 nitrogen and oxygen atoms in total. The molecule has 1 aliphatic rings. The maximum absolute atomic E-state index is 5.84. The maximum atomic E-state index is 5.84. The van der Waals surface area contributed by atoms with E-state index < -0.39 is 0 Å². The zero-order valence-electron chi connectivity index (χ0n) is 10.3.